The van der Waals surface area contributed by atoms with Crippen LogP contribution in [0.5, 0.6) is 0 Å². The van der Waals surface area contributed by atoms with Crippen LogP contribution in [0, 0.1) is 0 Å². The van der Waals surface area contributed by atoms with E-state index in [0.717, 1.165) is 5.69 Å². The molecule has 2 rings (SSSR count). The molecule has 0 N–H and O–H groups in total. The van der Waals surface area contributed by atoms with E-state index < -0.39 is 0 Å². The Balaban J connectivity index is 2.21. The van der Waals surface area contributed by atoms with Gasteiger partial charge in [0.1, 0.15) is 0 Å². The molecule has 0 saturated carbocycles. The van der Waals surface area contributed by atoms with Crippen molar-refractivity contribution >= 4 is 0 Å². The fourth-order valence-corrected chi connectivity index (χ4v) is 2.19. The fraction of sp³-hybridized carbons (Fsp3) is 0.400. The lowest BCUT2D eigenvalue weighted by Crippen LogP contribution is -2.00. The Morgan fingerprint density at radius 2 is 1.88 bits per heavy atom. The summed E-state index contributed by atoms with van der Waals surface area (Å²) in [5, 5.41) is 4.69. The Bertz CT molecular complexity index is 445. The first-order chi connectivity index (χ1) is 8.35. The highest BCUT2D eigenvalue weighted by Gasteiger charge is 2.11. The summed E-state index contributed by atoms with van der Waals surface area (Å²) in [6, 6.07) is 12.4. The minimum Gasteiger partial charge on any atom is -0.241 e. The van der Waals surface area contributed by atoms with Gasteiger partial charge in [0.05, 0.1) is 11.4 Å². The van der Waals surface area contributed by atoms with E-state index in [4.69, 9.17) is 0 Å². The second kappa shape index (κ2) is 5.67. The predicted molar refractivity (Wildman–Crippen MR) is 71.5 cm³/mol. The van der Waals surface area contributed by atoms with Crippen molar-refractivity contribution in [3.8, 4) is 5.69 Å². The number of para-hydroxylation sites is 1. The molecule has 0 aliphatic heterocycles. The molecule has 90 valence electrons. The molecule has 1 unspecified atom stereocenters. The highest BCUT2D eigenvalue weighted by atomic mass is 15.3. The van der Waals surface area contributed by atoms with Gasteiger partial charge in [-0.05, 0) is 31.0 Å². The summed E-state index contributed by atoms with van der Waals surface area (Å²) in [6.07, 6.45) is 5.67. The Morgan fingerprint density at radius 1 is 1.12 bits per heavy atom. The summed E-state index contributed by atoms with van der Waals surface area (Å²) in [6.45, 7) is 4.47. The zero-order chi connectivity index (χ0) is 12.1. The van der Waals surface area contributed by atoms with E-state index in [1.807, 2.05) is 22.9 Å². The molecule has 0 bridgehead atoms. The molecule has 1 atom stereocenters. The van der Waals surface area contributed by atoms with E-state index in [2.05, 4.69) is 43.3 Å². The summed E-state index contributed by atoms with van der Waals surface area (Å²) in [5.74, 6) is 0.602. The van der Waals surface area contributed by atoms with Crippen LogP contribution in [-0.4, -0.2) is 9.78 Å². The Hall–Kier alpha value is -1.57. The topological polar surface area (TPSA) is 17.8 Å². The molecule has 0 spiro atoms. The van der Waals surface area contributed by atoms with Crippen molar-refractivity contribution in [2.24, 2.45) is 0 Å². The molecule has 17 heavy (non-hydrogen) atoms. The smallest absolute Gasteiger partial charge is 0.0659 e. The van der Waals surface area contributed by atoms with Crippen LogP contribution in [0.4, 0.5) is 0 Å². The second-order valence-electron chi connectivity index (χ2n) is 4.41. The highest BCUT2D eigenvalue weighted by Crippen LogP contribution is 2.23. The number of aromatic nitrogens is 2. The Kier molecular flexibility index (Phi) is 3.97. The first kappa shape index (κ1) is 11.9. The van der Waals surface area contributed by atoms with Crippen LogP contribution in [0.2, 0.25) is 0 Å². The van der Waals surface area contributed by atoms with E-state index in [1.165, 1.54) is 25.0 Å². The van der Waals surface area contributed by atoms with E-state index in [0.29, 0.717) is 5.92 Å². The van der Waals surface area contributed by atoms with Crippen molar-refractivity contribution in [3.63, 3.8) is 0 Å². The molecule has 2 heteroatoms. The molecule has 0 radical (unpaired) electrons. The van der Waals surface area contributed by atoms with E-state index >= 15 is 0 Å². The quantitative estimate of drug-likeness (QED) is 0.751. The third-order valence-electron chi connectivity index (χ3n) is 3.18. The zero-order valence-corrected chi connectivity index (χ0v) is 10.6. The van der Waals surface area contributed by atoms with Gasteiger partial charge in [0.15, 0.2) is 0 Å². The van der Waals surface area contributed by atoms with Crippen LogP contribution >= 0.6 is 0 Å². The number of nitrogens with zero attached hydrogens (tertiary/aromatic N) is 2. The largest absolute Gasteiger partial charge is 0.241 e. The third kappa shape index (κ3) is 2.76. The fourth-order valence-electron chi connectivity index (χ4n) is 2.19. The normalized spacial score (nSPS) is 12.6. The molecular weight excluding hydrogens is 208 g/mol. The van der Waals surface area contributed by atoms with Crippen LogP contribution in [0.3, 0.4) is 0 Å². The van der Waals surface area contributed by atoms with Gasteiger partial charge in [-0.3, -0.25) is 0 Å². The lowest BCUT2D eigenvalue weighted by atomic mass is 9.97. The summed E-state index contributed by atoms with van der Waals surface area (Å²) in [7, 11) is 0. The number of hydrogen-bond acceptors (Lipinski definition) is 1. The Morgan fingerprint density at radius 3 is 2.53 bits per heavy atom. The van der Waals surface area contributed by atoms with Crippen LogP contribution < -0.4 is 0 Å². The molecule has 1 aromatic carbocycles. The van der Waals surface area contributed by atoms with Gasteiger partial charge in [0, 0.05) is 12.1 Å². The standard InChI is InChI=1S/C15H20N2/c1-3-8-13(4-2)15-11-12-17(16-15)14-9-6-5-7-10-14/h5-7,9-13H,3-4,8H2,1-2H3. The van der Waals surface area contributed by atoms with Crippen LogP contribution in [0.1, 0.15) is 44.7 Å². The van der Waals surface area contributed by atoms with Crippen LogP contribution in [0.15, 0.2) is 42.6 Å². The average molecular weight is 228 g/mol. The first-order valence-corrected chi connectivity index (χ1v) is 6.46. The Labute approximate surface area is 103 Å². The molecule has 1 aromatic heterocycles. The van der Waals surface area contributed by atoms with Gasteiger partial charge in [-0.15, -0.1) is 0 Å². The molecule has 0 aliphatic rings. The minimum absolute atomic E-state index is 0.602. The maximum atomic E-state index is 4.69. The van der Waals surface area contributed by atoms with Gasteiger partial charge in [-0.1, -0.05) is 38.5 Å². The maximum Gasteiger partial charge on any atom is 0.0659 e. The lowest BCUT2D eigenvalue weighted by molar-refractivity contribution is 0.575. The van der Waals surface area contributed by atoms with Gasteiger partial charge < -0.3 is 0 Å². The molecule has 0 amide bonds. The van der Waals surface area contributed by atoms with Gasteiger partial charge in [0.25, 0.3) is 0 Å². The zero-order valence-electron chi connectivity index (χ0n) is 10.6. The summed E-state index contributed by atoms with van der Waals surface area (Å²) in [5.41, 5.74) is 2.35. The van der Waals surface area contributed by atoms with Crippen molar-refractivity contribution in [1.82, 2.24) is 9.78 Å². The van der Waals surface area contributed by atoms with E-state index in [9.17, 15) is 0 Å². The SMILES string of the molecule is CCCC(CC)c1ccn(-c2ccccc2)n1. The number of benzene rings is 1. The molecular formula is C15H20N2. The monoisotopic (exact) mass is 228 g/mol. The second-order valence-corrected chi connectivity index (χ2v) is 4.41. The van der Waals surface area contributed by atoms with Crippen molar-refractivity contribution < 1.29 is 0 Å². The van der Waals surface area contributed by atoms with Crippen molar-refractivity contribution in [3.05, 3.63) is 48.3 Å². The molecule has 0 fully saturated rings. The molecule has 0 saturated heterocycles. The molecule has 0 aliphatic carbocycles. The van der Waals surface area contributed by atoms with Crippen molar-refractivity contribution in [2.75, 3.05) is 0 Å². The van der Waals surface area contributed by atoms with Gasteiger partial charge in [-0.25, -0.2) is 4.68 Å². The minimum atomic E-state index is 0.602. The average Bonchev–Trinajstić information content (AvgIpc) is 2.86. The van der Waals surface area contributed by atoms with Gasteiger partial charge in [0.2, 0.25) is 0 Å². The van der Waals surface area contributed by atoms with Crippen LogP contribution in [0.25, 0.3) is 5.69 Å². The van der Waals surface area contributed by atoms with Gasteiger partial charge >= 0.3 is 0 Å². The molecule has 2 nitrogen and oxygen atoms in total. The third-order valence-corrected chi connectivity index (χ3v) is 3.18. The molecule has 2 aromatic rings. The summed E-state index contributed by atoms with van der Waals surface area (Å²) < 4.78 is 1.97. The summed E-state index contributed by atoms with van der Waals surface area (Å²) in [4.78, 5) is 0. The van der Waals surface area contributed by atoms with Crippen molar-refractivity contribution in [1.29, 1.82) is 0 Å². The van der Waals surface area contributed by atoms with E-state index in [1.54, 1.807) is 0 Å². The lowest BCUT2D eigenvalue weighted by Gasteiger charge is -2.10. The molecule has 1 heterocycles. The maximum absolute atomic E-state index is 4.69. The number of hydrogen-bond donors (Lipinski definition) is 0. The highest BCUT2D eigenvalue weighted by molar-refractivity contribution is 5.30. The van der Waals surface area contributed by atoms with E-state index in [-0.39, 0.29) is 0 Å². The van der Waals surface area contributed by atoms with Crippen LogP contribution in [-0.2, 0) is 0 Å². The predicted octanol–water partition coefficient (Wildman–Crippen LogP) is 4.17. The van der Waals surface area contributed by atoms with Gasteiger partial charge in [-0.2, -0.15) is 5.10 Å². The summed E-state index contributed by atoms with van der Waals surface area (Å²) >= 11 is 0. The number of rotatable bonds is 5. The van der Waals surface area contributed by atoms with Crippen molar-refractivity contribution in [2.45, 2.75) is 39.0 Å². The first-order valence-electron chi connectivity index (χ1n) is 6.46.